The van der Waals surface area contributed by atoms with Gasteiger partial charge in [-0.1, -0.05) is 0 Å². The van der Waals surface area contributed by atoms with Gasteiger partial charge in [-0.25, -0.2) is 8.42 Å². The SMILES string of the molecule is C[C@H](NC(=O)c1ccc(S(=O)(=O)C(F)F)cc1)C(=O)O. The summed E-state index contributed by atoms with van der Waals surface area (Å²) in [6, 6.07) is 2.65. The molecular formula is C11H11F2NO5S. The number of carbonyl (C=O) groups excluding carboxylic acids is 1. The van der Waals surface area contributed by atoms with Crippen LogP contribution in [0.3, 0.4) is 0 Å². The van der Waals surface area contributed by atoms with Crippen molar-refractivity contribution < 1.29 is 31.9 Å². The average molecular weight is 307 g/mol. The van der Waals surface area contributed by atoms with Crippen LogP contribution in [-0.4, -0.2) is 37.2 Å². The molecule has 1 atom stereocenters. The molecule has 6 nitrogen and oxygen atoms in total. The van der Waals surface area contributed by atoms with Crippen molar-refractivity contribution in [3.05, 3.63) is 29.8 Å². The van der Waals surface area contributed by atoms with E-state index in [-0.39, 0.29) is 5.56 Å². The summed E-state index contributed by atoms with van der Waals surface area (Å²) in [5.74, 6) is -5.54. The highest BCUT2D eigenvalue weighted by molar-refractivity contribution is 7.91. The van der Waals surface area contributed by atoms with Crippen molar-refractivity contribution in [2.24, 2.45) is 0 Å². The highest BCUT2D eigenvalue weighted by Gasteiger charge is 2.26. The monoisotopic (exact) mass is 307 g/mol. The van der Waals surface area contributed by atoms with Crippen LogP contribution in [0.2, 0.25) is 0 Å². The molecule has 9 heteroatoms. The van der Waals surface area contributed by atoms with Crippen LogP contribution in [0.15, 0.2) is 29.2 Å². The lowest BCUT2D eigenvalue weighted by Gasteiger charge is -2.09. The van der Waals surface area contributed by atoms with Gasteiger partial charge >= 0.3 is 11.7 Å². The number of hydrogen-bond acceptors (Lipinski definition) is 4. The van der Waals surface area contributed by atoms with Gasteiger partial charge in [-0.05, 0) is 31.2 Å². The summed E-state index contributed by atoms with van der Waals surface area (Å²) in [4.78, 5) is 21.5. The van der Waals surface area contributed by atoms with Crippen LogP contribution in [0.4, 0.5) is 8.78 Å². The first kappa shape index (κ1) is 16.0. The number of hydrogen-bond donors (Lipinski definition) is 2. The van der Waals surface area contributed by atoms with Gasteiger partial charge in [0.05, 0.1) is 4.90 Å². The number of benzene rings is 1. The Bertz CT molecular complexity index is 612. The van der Waals surface area contributed by atoms with Crippen molar-refractivity contribution in [1.82, 2.24) is 5.32 Å². The molecule has 0 aromatic heterocycles. The summed E-state index contributed by atoms with van der Waals surface area (Å²) in [7, 11) is -4.72. The molecule has 0 aliphatic heterocycles. The molecule has 0 heterocycles. The maximum atomic E-state index is 12.3. The van der Waals surface area contributed by atoms with E-state index in [9.17, 15) is 26.8 Å². The highest BCUT2D eigenvalue weighted by atomic mass is 32.2. The normalized spacial score (nSPS) is 13.0. The van der Waals surface area contributed by atoms with E-state index in [0.717, 1.165) is 24.3 Å². The van der Waals surface area contributed by atoms with Crippen LogP contribution in [0.25, 0.3) is 0 Å². The molecule has 20 heavy (non-hydrogen) atoms. The summed E-state index contributed by atoms with van der Waals surface area (Å²) in [5, 5.41) is 10.8. The van der Waals surface area contributed by atoms with Gasteiger partial charge in [-0.2, -0.15) is 8.78 Å². The van der Waals surface area contributed by atoms with Crippen molar-refractivity contribution in [2.45, 2.75) is 23.6 Å². The number of alkyl halides is 2. The fourth-order valence-electron chi connectivity index (χ4n) is 1.24. The maximum absolute atomic E-state index is 12.3. The lowest BCUT2D eigenvalue weighted by atomic mass is 10.2. The first-order chi connectivity index (χ1) is 9.16. The van der Waals surface area contributed by atoms with E-state index in [1.54, 1.807) is 0 Å². The van der Waals surface area contributed by atoms with Crippen molar-refractivity contribution in [2.75, 3.05) is 0 Å². The van der Waals surface area contributed by atoms with Gasteiger partial charge in [0.1, 0.15) is 6.04 Å². The average Bonchev–Trinajstić information content (AvgIpc) is 2.38. The van der Waals surface area contributed by atoms with Gasteiger partial charge in [0.15, 0.2) is 0 Å². The van der Waals surface area contributed by atoms with Crippen LogP contribution in [0, 0.1) is 0 Å². The first-order valence-electron chi connectivity index (χ1n) is 5.32. The second kappa shape index (κ2) is 5.95. The molecule has 1 aromatic carbocycles. The summed E-state index contributed by atoms with van der Waals surface area (Å²) in [6.07, 6.45) is 0. The Balaban J connectivity index is 2.92. The maximum Gasteiger partial charge on any atom is 0.341 e. The van der Waals surface area contributed by atoms with E-state index in [1.807, 2.05) is 0 Å². The predicted molar refractivity (Wildman–Crippen MR) is 64.2 cm³/mol. The molecule has 0 spiro atoms. The number of aliphatic carboxylic acids is 1. The van der Waals surface area contributed by atoms with E-state index < -0.39 is 38.4 Å². The third kappa shape index (κ3) is 3.50. The van der Waals surface area contributed by atoms with Crippen LogP contribution in [0.5, 0.6) is 0 Å². The molecule has 0 fully saturated rings. The molecule has 0 saturated heterocycles. The van der Waals surface area contributed by atoms with Crippen molar-refractivity contribution in [3.63, 3.8) is 0 Å². The zero-order valence-corrected chi connectivity index (χ0v) is 11.0. The third-order valence-corrected chi connectivity index (χ3v) is 3.80. The zero-order chi connectivity index (χ0) is 15.5. The molecule has 1 aromatic rings. The second-order valence-corrected chi connectivity index (χ2v) is 5.78. The Labute approximate surface area is 113 Å². The van der Waals surface area contributed by atoms with Crippen molar-refractivity contribution in [3.8, 4) is 0 Å². The van der Waals surface area contributed by atoms with Crippen LogP contribution < -0.4 is 5.32 Å². The van der Waals surface area contributed by atoms with Gasteiger partial charge < -0.3 is 10.4 Å². The molecule has 0 aliphatic carbocycles. The minimum atomic E-state index is -4.72. The van der Waals surface area contributed by atoms with Gasteiger partial charge in [-0.3, -0.25) is 9.59 Å². The fourth-order valence-corrected chi connectivity index (χ4v) is 1.96. The minimum absolute atomic E-state index is 0.0358. The lowest BCUT2D eigenvalue weighted by molar-refractivity contribution is -0.138. The summed E-state index contributed by atoms with van der Waals surface area (Å²) < 4.78 is 46.9. The smallest absolute Gasteiger partial charge is 0.341 e. The summed E-state index contributed by atoms with van der Waals surface area (Å²) >= 11 is 0. The Kier molecular flexibility index (Phi) is 4.77. The number of carbonyl (C=O) groups is 2. The highest BCUT2D eigenvalue weighted by Crippen LogP contribution is 2.18. The molecule has 0 unspecified atom stereocenters. The second-order valence-electron chi connectivity index (χ2n) is 3.86. The molecule has 110 valence electrons. The summed E-state index contributed by atoms with van der Waals surface area (Å²) in [6.45, 7) is 1.25. The molecule has 0 saturated carbocycles. The molecule has 0 bridgehead atoms. The van der Waals surface area contributed by atoms with Crippen molar-refractivity contribution >= 4 is 21.7 Å². The quantitative estimate of drug-likeness (QED) is 0.841. The minimum Gasteiger partial charge on any atom is -0.480 e. The number of carboxylic acid groups (broad SMARTS) is 1. The van der Waals surface area contributed by atoms with E-state index in [2.05, 4.69) is 5.32 Å². The first-order valence-corrected chi connectivity index (χ1v) is 6.86. The molecule has 0 aliphatic rings. The van der Waals surface area contributed by atoms with Crippen molar-refractivity contribution in [1.29, 1.82) is 0 Å². The predicted octanol–water partition coefficient (Wildman–Crippen LogP) is 0.886. The van der Waals surface area contributed by atoms with E-state index in [1.165, 1.54) is 6.92 Å². The lowest BCUT2D eigenvalue weighted by Crippen LogP contribution is -2.38. The van der Waals surface area contributed by atoms with E-state index >= 15 is 0 Å². The van der Waals surface area contributed by atoms with Crippen LogP contribution >= 0.6 is 0 Å². The van der Waals surface area contributed by atoms with Gasteiger partial charge in [0, 0.05) is 5.56 Å². The Morgan fingerprint density at radius 1 is 1.20 bits per heavy atom. The van der Waals surface area contributed by atoms with E-state index in [0.29, 0.717) is 0 Å². The number of carboxylic acids is 1. The Morgan fingerprint density at radius 2 is 1.70 bits per heavy atom. The number of amides is 1. The molecule has 2 N–H and O–H groups in total. The standard InChI is InChI=1S/C11H11F2NO5S/c1-6(10(16)17)14-9(15)7-2-4-8(5-3-7)20(18,19)11(12)13/h2-6,11H,1H3,(H,14,15)(H,16,17)/t6-/m0/s1. The fraction of sp³-hybridized carbons (Fsp3) is 0.273. The van der Waals surface area contributed by atoms with Crippen LogP contribution in [-0.2, 0) is 14.6 Å². The Hall–Kier alpha value is -2.03. The molecule has 1 amide bonds. The summed E-state index contributed by atoms with van der Waals surface area (Å²) in [5.41, 5.74) is -0.0358. The number of halogens is 2. The van der Waals surface area contributed by atoms with E-state index in [4.69, 9.17) is 5.11 Å². The van der Waals surface area contributed by atoms with Gasteiger partial charge in [-0.15, -0.1) is 0 Å². The van der Waals surface area contributed by atoms with Gasteiger partial charge in [0.25, 0.3) is 5.91 Å². The largest absolute Gasteiger partial charge is 0.480 e. The molecule has 1 rings (SSSR count). The number of nitrogens with one attached hydrogen (secondary N) is 1. The topological polar surface area (TPSA) is 101 Å². The Morgan fingerprint density at radius 3 is 2.10 bits per heavy atom. The zero-order valence-electron chi connectivity index (χ0n) is 10.2. The van der Waals surface area contributed by atoms with Gasteiger partial charge in [0.2, 0.25) is 9.84 Å². The third-order valence-electron chi connectivity index (χ3n) is 2.40. The number of sulfone groups is 1. The van der Waals surface area contributed by atoms with Crippen LogP contribution in [0.1, 0.15) is 17.3 Å². The molecule has 0 radical (unpaired) electrons. The number of rotatable bonds is 5. The molecular weight excluding hydrogens is 296 g/mol.